The summed E-state index contributed by atoms with van der Waals surface area (Å²) in [5, 5.41) is 0.366. The normalized spacial score (nSPS) is 19.5. The predicted molar refractivity (Wildman–Crippen MR) is 114 cm³/mol. The lowest BCUT2D eigenvalue weighted by molar-refractivity contribution is -0.137. The average Bonchev–Trinajstić information content (AvgIpc) is 3.18. The molecule has 1 aliphatic rings. The smallest absolute Gasteiger partial charge is 0.416 e. The zero-order chi connectivity index (χ0) is 24.4. The van der Waals surface area contributed by atoms with Crippen LogP contribution in [0.15, 0.2) is 36.4 Å². The summed E-state index contributed by atoms with van der Waals surface area (Å²) in [4.78, 5) is 5.49. The molecule has 1 aliphatic heterocycles. The molecule has 2 aromatic carbocycles. The van der Waals surface area contributed by atoms with Crippen molar-refractivity contribution in [2.45, 2.75) is 24.0 Å². The first-order valence-electron chi connectivity index (χ1n) is 9.82. The van der Waals surface area contributed by atoms with Crippen LogP contribution in [0.4, 0.5) is 13.2 Å². The Morgan fingerprint density at radius 2 is 1.73 bits per heavy atom. The molecule has 2 aromatic rings. The second-order valence-corrected chi connectivity index (χ2v) is 9.33. The SMILES string of the molecule is COc1cc([C@H]2[C@@H](S(=O)(=O)NCc3cccc(C(F)(F)F)c3)CON2C)cc(OC)c1OC. The van der Waals surface area contributed by atoms with Gasteiger partial charge in [-0.2, -0.15) is 18.2 Å². The van der Waals surface area contributed by atoms with Gasteiger partial charge in [-0.05, 0) is 29.3 Å². The van der Waals surface area contributed by atoms with Gasteiger partial charge in [0, 0.05) is 13.6 Å². The highest BCUT2D eigenvalue weighted by Gasteiger charge is 2.44. The lowest BCUT2D eigenvalue weighted by atomic mass is 10.0. The number of halogens is 3. The fourth-order valence-electron chi connectivity index (χ4n) is 3.70. The highest BCUT2D eigenvalue weighted by Crippen LogP contribution is 2.43. The second-order valence-electron chi connectivity index (χ2n) is 7.35. The predicted octanol–water partition coefficient (Wildman–Crippen LogP) is 3.14. The van der Waals surface area contributed by atoms with Crippen molar-refractivity contribution >= 4 is 10.0 Å². The Balaban J connectivity index is 1.88. The number of nitrogens with zero attached hydrogens (tertiary/aromatic N) is 1. The Labute approximate surface area is 190 Å². The van der Waals surface area contributed by atoms with Crippen molar-refractivity contribution in [1.29, 1.82) is 0 Å². The fourth-order valence-corrected chi connectivity index (χ4v) is 5.19. The van der Waals surface area contributed by atoms with E-state index in [0.717, 1.165) is 12.1 Å². The first-order valence-corrected chi connectivity index (χ1v) is 11.4. The van der Waals surface area contributed by atoms with Crippen LogP contribution in [0.2, 0.25) is 0 Å². The van der Waals surface area contributed by atoms with Crippen molar-refractivity contribution in [1.82, 2.24) is 9.79 Å². The Hall–Kier alpha value is -2.54. The Morgan fingerprint density at radius 1 is 1.09 bits per heavy atom. The molecule has 0 unspecified atom stereocenters. The highest BCUT2D eigenvalue weighted by molar-refractivity contribution is 7.90. The maximum Gasteiger partial charge on any atom is 0.416 e. The lowest BCUT2D eigenvalue weighted by Crippen LogP contribution is -2.39. The maximum absolute atomic E-state index is 13.1. The van der Waals surface area contributed by atoms with E-state index in [-0.39, 0.29) is 18.7 Å². The van der Waals surface area contributed by atoms with Gasteiger partial charge in [-0.3, -0.25) is 4.84 Å². The Kier molecular flexibility index (Phi) is 7.42. The largest absolute Gasteiger partial charge is 0.493 e. The molecule has 1 heterocycles. The molecule has 0 spiro atoms. The molecule has 12 heteroatoms. The third-order valence-electron chi connectivity index (χ3n) is 5.35. The Morgan fingerprint density at radius 3 is 2.27 bits per heavy atom. The van der Waals surface area contributed by atoms with E-state index in [1.165, 1.54) is 38.5 Å². The molecule has 2 atom stereocenters. The third-order valence-corrected chi connectivity index (χ3v) is 7.08. The van der Waals surface area contributed by atoms with E-state index in [0.29, 0.717) is 22.8 Å². The summed E-state index contributed by atoms with van der Waals surface area (Å²) in [5.41, 5.74) is -0.123. The number of hydrogen-bond acceptors (Lipinski definition) is 7. The van der Waals surface area contributed by atoms with Crippen LogP contribution in [0.3, 0.4) is 0 Å². The number of benzene rings is 2. The minimum atomic E-state index is -4.52. The van der Waals surface area contributed by atoms with Crippen molar-refractivity contribution in [3.63, 3.8) is 0 Å². The molecule has 0 aromatic heterocycles. The maximum atomic E-state index is 13.1. The quantitative estimate of drug-likeness (QED) is 0.609. The standard InChI is InChI=1S/C21H25F3N2O6S/c1-26-19(14-9-16(29-2)20(31-4)17(10-14)30-3)18(12-32-26)33(27,28)25-11-13-6-5-7-15(8-13)21(22,23)24/h5-10,18-19,25H,11-12H2,1-4H3/t18-,19-/m0/s1. The van der Waals surface area contributed by atoms with Crippen molar-refractivity contribution in [2.75, 3.05) is 35.0 Å². The molecule has 3 rings (SSSR count). The number of sulfonamides is 1. The summed E-state index contributed by atoms with van der Waals surface area (Å²) in [6, 6.07) is 7.02. The fraction of sp³-hybridized carbons (Fsp3) is 0.429. The van der Waals surface area contributed by atoms with Crippen LogP contribution in [0.25, 0.3) is 0 Å². The minimum absolute atomic E-state index is 0.143. The molecule has 8 nitrogen and oxygen atoms in total. The second kappa shape index (κ2) is 9.75. The molecule has 0 bridgehead atoms. The monoisotopic (exact) mass is 490 g/mol. The van der Waals surface area contributed by atoms with Crippen molar-refractivity contribution in [3.05, 3.63) is 53.1 Å². The zero-order valence-electron chi connectivity index (χ0n) is 18.5. The summed E-state index contributed by atoms with van der Waals surface area (Å²) >= 11 is 0. The van der Waals surface area contributed by atoms with Gasteiger partial charge in [0.25, 0.3) is 0 Å². The lowest BCUT2D eigenvalue weighted by Gasteiger charge is -2.25. The van der Waals surface area contributed by atoms with Crippen molar-refractivity contribution in [2.24, 2.45) is 0 Å². The van der Waals surface area contributed by atoms with Gasteiger partial charge < -0.3 is 14.2 Å². The summed E-state index contributed by atoms with van der Waals surface area (Å²) in [7, 11) is 1.94. The van der Waals surface area contributed by atoms with Gasteiger partial charge in [0.1, 0.15) is 5.25 Å². The van der Waals surface area contributed by atoms with E-state index in [4.69, 9.17) is 19.0 Å². The molecule has 0 aliphatic carbocycles. The van der Waals surface area contributed by atoms with Crippen LogP contribution in [-0.2, 0) is 27.6 Å². The van der Waals surface area contributed by atoms with Gasteiger partial charge in [-0.25, -0.2) is 13.1 Å². The summed E-state index contributed by atoms with van der Waals surface area (Å²) in [5.74, 6) is 1.05. The molecule has 1 fully saturated rings. The zero-order valence-corrected chi connectivity index (χ0v) is 19.3. The van der Waals surface area contributed by atoms with Crippen LogP contribution in [0, 0.1) is 0 Å². The van der Waals surface area contributed by atoms with Gasteiger partial charge in [0.05, 0.1) is 39.5 Å². The van der Waals surface area contributed by atoms with Gasteiger partial charge >= 0.3 is 6.18 Å². The summed E-state index contributed by atoms with van der Waals surface area (Å²) < 4.78 is 83.6. The first kappa shape index (κ1) is 25.1. The average molecular weight is 491 g/mol. The molecule has 182 valence electrons. The van der Waals surface area contributed by atoms with E-state index in [1.54, 1.807) is 19.2 Å². The molecule has 0 amide bonds. The molecular formula is C21H25F3N2O6S. The van der Waals surface area contributed by atoms with Crippen LogP contribution in [0.5, 0.6) is 17.2 Å². The molecule has 1 saturated heterocycles. The topological polar surface area (TPSA) is 86.3 Å². The number of alkyl halides is 3. The molecule has 1 N–H and O–H groups in total. The number of hydroxylamine groups is 2. The van der Waals surface area contributed by atoms with Gasteiger partial charge in [-0.1, -0.05) is 18.2 Å². The van der Waals surface area contributed by atoms with Crippen LogP contribution >= 0.6 is 0 Å². The van der Waals surface area contributed by atoms with Crippen molar-refractivity contribution < 1.29 is 40.6 Å². The van der Waals surface area contributed by atoms with Gasteiger partial charge in [0.15, 0.2) is 11.5 Å². The first-order chi connectivity index (χ1) is 15.5. The molecular weight excluding hydrogens is 465 g/mol. The number of rotatable bonds is 8. The van der Waals surface area contributed by atoms with E-state index >= 15 is 0 Å². The Bertz CT molecular complexity index is 1070. The minimum Gasteiger partial charge on any atom is -0.493 e. The van der Waals surface area contributed by atoms with Crippen LogP contribution in [0.1, 0.15) is 22.7 Å². The van der Waals surface area contributed by atoms with Gasteiger partial charge in [-0.15, -0.1) is 0 Å². The van der Waals surface area contributed by atoms with Crippen LogP contribution in [-0.4, -0.2) is 53.7 Å². The summed E-state index contributed by atoms with van der Waals surface area (Å²) in [6.45, 7) is -0.440. The molecule has 33 heavy (non-hydrogen) atoms. The van der Waals surface area contributed by atoms with E-state index < -0.39 is 33.1 Å². The number of ether oxygens (including phenoxy) is 3. The third kappa shape index (κ3) is 5.35. The van der Waals surface area contributed by atoms with Gasteiger partial charge in [0.2, 0.25) is 15.8 Å². The van der Waals surface area contributed by atoms with E-state index in [9.17, 15) is 21.6 Å². The number of methoxy groups -OCH3 is 3. The number of hydrogen-bond donors (Lipinski definition) is 1. The summed E-state index contributed by atoms with van der Waals surface area (Å²) in [6.07, 6.45) is -4.52. The molecule has 0 radical (unpaired) electrons. The number of nitrogens with one attached hydrogen (secondary N) is 1. The van der Waals surface area contributed by atoms with Crippen molar-refractivity contribution in [3.8, 4) is 17.2 Å². The highest BCUT2D eigenvalue weighted by atomic mass is 32.2. The van der Waals surface area contributed by atoms with E-state index in [2.05, 4.69) is 4.72 Å². The molecule has 0 saturated carbocycles. The van der Waals surface area contributed by atoms with Crippen LogP contribution < -0.4 is 18.9 Å². The van der Waals surface area contributed by atoms with E-state index in [1.807, 2.05) is 0 Å².